The van der Waals surface area contributed by atoms with Crippen LogP contribution < -0.4 is 5.32 Å². The molecule has 2 aromatic carbocycles. The summed E-state index contributed by atoms with van der Waals surface area (Å²) in [4.78, 5) is 14.3. The summed E-state index contributed by atoms with van der Waals surface area (Å²) in [6.45, 7) is 0.399. The van der Waals surface area contributed by atoms with E-state index in [1.165, 1.54) is 12.1 Å². The van der Waals surface area contributed by atoms with Crippen LogP contribution >= 0.6 is 0 Å². The molecule has 1 atom stereocenters. The molecule has 2 N–H and O–H groups in total. The quantitative estimate of drug-likeness (QED) is 0.859. The Hall–Kier alpha value is -2.24. The minimum Gasteiger partial charge on any atom is -0.392 e. The number of carbonyl (C=O) groups is 1. The minimum absolute atomic E-state index is 0.0000899. The van der Waals surface area contributed by atoms with Crippen molar-refractivity contribution in [2.45, 2.75) is 19.2 Å². The molecule has 0 fully saturated rings. The zero-order chi connectivity index (χ0) is 16.8. The molecule has 0 unspecified atom stereocenters. The predicted molar refractivity (Wildman–Crippen MR) is 87.0 cm³/mol. The Bertz CT molecular complexity index is 639. The summed E-state index contributed by atoms with van der Waals surface area (Å²) in [5.74, 6) is -0.469. The molecule has 0 radical (unpaired) electrons. The van der Waals surface area contributed by atoms with Crippen molar-refractivity contribution in [3.05, 3.63) is 71.0 Å². The molecule has 2 rings (SSSR count). The summed E-state index contributed by atoms with van der Waals surface area (Å²) in [6, 6.07) is 12.9. The van der Waals surface area contributed by atoms with Gasteiger partial charge >= 0.3 is 0 Å². The maximum absolute atomic E-state index is 13.1. The van der Waals surface area contributed by atoms with E-state index >= 15 is 0 Å². The highest BCUT2D eigenvalue weighted by Crippen LogP contribution is 2.19. The molecule has 0 aromatic heterocycles. The number of aliphatic hydroxyl groups is 1. The Labute approximate surface area is 135 Å². The molecule has 0 aliphatic heterocycles. The van der Waals surface area contributed by atoms with Crippen LogP contribution in [0.4, 0.5) is 4.39 Å². The van der Waals surface area contributed by atoms with Crippen LogP contribution in [0.15, 0.2) is 48.5 Å². The third kappa shape index (κ3) is 4.61. The molecule has 23 heavy (non-hydrogen) atoms. The summed E-state index contributed by atoms with van der Waals surface area (Å²) in [5.41, 5.74) is 2.52. The fourth-order valence-corrected chi connectivity index (χ4v) is 2.38. The van der Waals surface area contributed by atoms with Gasteiger partial charge in [0.05, 0.1) is 6.61 Å². The third-order valence-electron chi connectivity index (χ3n) is 3.62. The van der Waals surface area contributed by atoms with Crippen molar-refractivity contribution in [3.63, 3.8) is 0 Å². The van der Waals surface area contributed by atoms with E-state index < -0.39 is 6.04 Å². The lowest BCUT2D eigenvalue weighted by Crippen LogP contribution is -2.36. The van der Waals surface area contributed by atoms with Crippen LogP contribution in [0.25, 0.3) is 0 Å². The summed E-state index contributed by atoms with van der Waals surface area (Å²) < 4.78 is 13.1. The number of aliphatic hydroxyl groups excluding tert-OH is 1. The van der Waals surface area contributed by atoms with E-state index in [4.69, 9.17) is 5.11 Å². The van der Waals surface area contributed by atoms with Crippen molar-refractivity contribution < 1.29 is 14.3 Å². The fourth-order valence-electron chi connectivity index (χ4n) is 2.38. The second-order valence-electron chi connectivity index (χ2n) is 5.61. The van der Waals surface area contributed by atoms with Crippen LogP contribution in [0.2, 0.25) is 0 Å². The summed E-state index contributed by atoms with van der Waals surface area (Å²) in [7, 11) is 3.62. The van der Waals surface area contributed by atoms with Crippen LogP contribution in [0.1, 0.15) is 22.7 Å². The van der Waals surface area contributed by atoms with Gasteiger partial charge in [-0.2, -0.15) is 0 Å². The van der Waals surface area contributed by atoms with E-state index in [1.54, 1.807) is 17.0 Å². The van der Waals surface area contributed by atoms with Gasteiger partial charge in [0, 0.05) is 6.54 Å². The number of amides is 1. The van der Waals surface area contributed by atoms with Gasteiger partial charge in [-0.05, 0) is 42.9 Å². The van der Waals surface area contributed by atoms with E-state index in [1.807, 2.05) is 38.4 Å². The first kappa shape index (κ1) is 17.1. The van der Waals surface area contributed by atoms with E-state index in [2.05, 4.69) is 5.32 Å². The lowest BCUT2D eigenvalue weighted by Gasteiger charge is -2.24. The zero-order valence-corrected chi connectivity index (χ0v) is 13.3. The Morgan fingerprint density at radius 2 is 1.65 bits per heavy atom. The first-order valence-corrected chi connectivity index (χ1v) is 7.39. The Kier molecular flexibility index (Phi) is 5.84. The second-order valence-corrected chi connectivity index (χ2v) is 5.61. The van der Waals surface area contributed by atoms with Crippen LogP contribution in [-0.2, 0) is 17.9 Å². The van der Waals surface area contributed by atoms with Gasteiger partial charge < -0.3 is 10.4 Å². The highest BCUT2D eigenvalue weighted by molar-refractivity contribution is 5.83. The lowest BCUT2D eigenvalue weighted by molar-refractivity contribution is -0.125. The first-order valence-electron chi connectivity index (χ1n) is 7.39. The Balaban J connectivity index is 2.04. The number of likely N-dealkylation sites (N-methyl/N-ethyl adjacent to an activating group) is 1. The average molecular weight is 316 g/mol. The number of benzene rings is 2. The van der Waals surface area contributed by atoms with Gasteiger partial charge in [-0.15, -0.1) is 0 Å². The minimum atomic E-state index is -0.479. The molecule has 2 aromatic rings. The maximum atomic E-state index is 13.1. The number of hydrogen-bond acceptors (Lipinski definition) is 3. The highest BCUT2D eigenvalue weighted by atomic mass is 19.1. The van der Waals surface area contributed by atoms with Gasteiger partial charge in [-0.25, -0.2) is 4.39 Å². The standard InChI is InChI=1S/C18H21FN2O2/c1-21(2)17(15-7-9-16(19)10-8-15)18(23)20-11-13-3-5-14(12-22)6-4-13/h3-10,17,22H,11-12H2,1-2H3,(H,20,23)/t17-/m1/s1. The molecular formula is C18H21FN2O2. The van der Waals surface area contributed by atoms with Crippen molar-refractivity contribution in [1.29, 1.82) is 0 Å². The van der Waals surface area contributed by atoms with Crippen LogP contribution in [-0.4, -0.2) is 30.0 Å². The molecule has 4 nitrogen and oxygen atoms in total. The SMILES string of the molecule is CN(C)[C@@H](C(=O)NCc1ccc(CO)cc1)c1ccc(F)cc1. The summed E-state index contributed by atoms with van der Waals surface area (Å²) >= 11 is 0. The molecule has 122 valence electrons. The predicted octanol–water partition coefficient (Wildman–Crippen LogP) is 2.24. The zero-order valence-electron chi connectivity index (χ0n) is 13.3. The van der Waals surface area contributed by atoms with Gasteiger partial charge in [0.2, 0.25) is 5.91 Å². The number of carbonyl (C=O) groups excluding carboxylic acids is 1. The molecule has 1 amide bonds. The van der Waals surface area contributed by atoms with Crippen LogP contribution in [0.5, 0.6) is 0 Å². The molecule has 0 saturated carbocycles. The second kappa shape index (κ2) is 7.85. The normalized spacial score (nSPS) is 12.2. The van der Waals surface area contributed by atoms with Gasteiger partial charge in [0.15, 0.2) is 0 Å². The van der Waals surface area contributed by atoms with Gasteiger partial charge in [0.25, 0.3) is 0 Å². The Morgan fingerprint density at radius 1 is 1.09 bits per heavy atom. The number of rotatable bonds is 6. The molecule has 0 aliphatic carbocycles. The number of nitrogens with one attached hydrogen (secondary N) is 1. The van der Waals surface area contributed by atoms with Gasteiger partial charge in [-0.3, -0.25) is 9.69 Å². The number of nitrogens with zero attached hydrogens (tertiary/aromatic N) is 1. The molecule has 0 spiro atoms. The molecule has 0 heterocycles. The molecule has 0 saturated heterocycles. The van der Waals surface area contributed by atoms with Crippen molar-refractivity contribution >= 4 is 5.91 Å². The number of halogens is 1. The monoisotopic (exact) mass is 316 g/mol. The van der Waals surface area contributed by atoms with Crippen LogP contribution in [0, 0.1) is 5.82 Å². The first-order chi connectivity index (χ1) is 11.0. The smallest absolute Gasteiger partial charge is 0.242 e. The van der Waals surface area contributed by atoms with E-state index in [-0.39, 0.29) is 18.3 Å². The molecule has 0 aliphatic rings. The van der Waals surface area contributed by atoms with Gasteiger partial charge in [-0.1, -0.05) is 36.4 Å². The average Bonchev–Trinajstić information content (AvgIpc) is 2.55. The van der Waals surface area contributed by atoms with E-state index in [0.29, 0.717) is 6.54 Å². The molecule has 5 heteroatoms. The van der Waals surface area contributed by atoms with E-state index in [9.17, 15) is 9.18 Å². The molecular weight excluding hydrogens is 295 g/mol. The third-order valence-corrected chi connectivity index (χ3v) is 3.62. The molecule has 0 bridgehead atoms. The number of hydrogen-bond donors (Lipinski definition) is 2. The Morgan fingerprint density at radius 3 is 2.17 bits per heavy atom. The van der Waals surface area contributed by atoms with Crippen molar-refractivity contribution in [2.75, 3.05) is 14.1 Å². The van der Waals surface area contributed by atoms with Crippen molar-refractivity contribution in [3.8, 4) is 0 Å². The van der Waals surface area contributed by atoms with E-state index in [0.717, 1.165) is 16.7 Å². The van der Waals surface area contributed by atoms with Gasteiger partial charge in [0.1, 0.15) is 11.9 Å². The topological polar surface area (TPSA) is 52.6 Å². The summed E-state index contributed by atoms with van der Waals surface area (Å²) in [6.07, 6.45) is 0. The van der Waals surface area contributed by atoms with Crippen molar-refractivity contribution in [2.24, 2.45) is 0 Å². The summed E-state index contributed by atoms with van der Waals surface area (Å²) in [5, 5.41) is 11.9. The maximum Gasteiger partial charge on any atom is 0.242 e. The largest absolute Gasteiger partial charge is 0.392 e. The fraction of sp³-hybridized carbons (Fsp3) is 0.278. The lowest BCUT2D eigenvalue weighted by atomic mass is 10.0. The van der Waals surface area contributed by atoms with Crippen LogP contribution in [0.3, 0.4) is 0 Å². The highest BCUT2D eigenvalue weighted by Gasteiger charge is 2.22. The van der Waals surface area contributed by atoms with Crippen molar-refractivity contribution in [1.82, 2.24) is 10.2 Å².